The van der Waals surface area contributed by atoms with Crippen LogP contribution in [0.2, 0.25) is 0 Å². The Morgan fingerprint density at radius 1 is 1.41 bits per heavy atom. The fraction of sp³-hybridized carbons (Fsp3) is 0.636. The van der Waals surface area contributed by atoms with E-state index >= 15 is 0 Å². The zero-order chi connectivity index (χ0) is 13.3. The van der Waals surface area contributed by atoms with Crippen molar-refractivity contribution in [1.29, 1.82) is 0 Å². The number of aliphatic hydroxyl groups is 1. The average molecular weight is 277 g/mol. The second-order valence-electron chi connectivity index (χ2n) is 5.23. The molecule has 17 heavy (non-hydrogen) atoms. The highest BCUT2D eigenvalue weighted by Gasteiger charge is 2.26. The first-order valence-electron chi connectivity index (χ1n) is 5.31. The van der Waals surface area contributed by atoms with Crippen LogP contribution in [-0.4, -0.2) is 31.4 Å². The van der Waals surface area contributed by atoms with Gasteiger partial charge in [0, 0.05) is 23.8 Å². The molecule has 1 N–H and O–H groups in total. The van der Waals surface area contributed by atoms with Gasteiger partial charge >= 0.3 is 0 Å². The van der Waals surface area contributed by atoms with Gasteiger partial charge in [-0.15, -0.1) is 11.3 Å². The quantitative estimate of drug-likeness (QED) is 0.914. The Labute approximate surface area is 107 Å². The molecule has 0 aromatic carbocycles. The van der Waals surface area contributed by atoms with Crippen molar-refractivity contribution < 1.29 is 13.5 Å². The first kappa shape index (κ1) is 14.6. The monoisotopic (exact) mass is 277 g/mol. The minimum atomic E-state index is -3.43. The number of hydrogen-bond donors (Lipinski definition) is 1. The number of aliphatic hydroxyl groups excluding tert-OH is 1. The molecule has 0 atom stereocenters. The zero-order valence-corrected chi connectivity index (χ0v) is 12.2. The molecule has 0 aliphatic rings. The van der Waals surface area contributed by atoms with E-state index in [4.69, 9.17) is 5.11 Å². The Morgan fingerprint density at radius 3 is 2.41 bits per heavy atom. The lowest BCUT2D eigenvalue weighted by atomic mass is 9.97. The third kappa shape index (κ3) is 3.77. The summed E-state index contributed by atoms with van der Waals surface area (Å²) in [7, 11) is -1.85. The second kappa shape index (κ2) is 5.06. The summed E-state index contributed by atoms with van der Waals surface area (Å²) in [6.07, 6.45) is 0. The molecule has 0 saturated carbocycles. The Balaban J connectivity index is 2.95. The molecule has 6 heteroatoms. The number of nitrogens with zero attached hydrogens (tertiary/aromatic N) is 1. The van der Waals surface area contributed by atoms with Gasteiger partial charge in [0.15, 0.2) is 0 Å². The Kier molecular flexibility index (Phi) is 4.35. The smallest absolute Gasteiger partial charge is 0.243 e. The lowest BCUT2D eigenvalue weighted by Gasteiger charge is -2.25. The van der Waals surface area contributed by atoms with E-state index in [1.807, 2.05) is 20.8 Å². The van der Waals surface area contributed by atoms with E-state index < -0.39 is 10.0 Å². The summed E-state index contributed by atoms with van der Waals surface area (Å²) in [5.41, 5.74) is -0.0857. The van der Waals surface area contributed by atoms with Gasteiger partial charge in [0.1, 0.15) is 0 Å². The minimum absolute atomic E-state index is 0.0857. The predicted octanol–water partition coefficient (Wildman–Crippen LogP) is 1.91. The molecule has 0 aliphatic carbocycles. The molecule has 1 rings (SSSR count). The summed E-state index contributed by atoms with van der Waals surface area (Å²) in [5.74, 6) is 0. The molecule has 4 nitrogen and oxygen atoms in total. The van der Waals surface area contributed by atoms with Crippen molar-refractivity contribution in [1.82, 2.24) is 4.31 Å². The minimum Gasteiger partial charge on any atom is -0.391 e. The van der Waals surface area contributed by atoms with Gasteiger partial charge in [-0.2, -0.15) is 0 Å². The fourth-order valence-corrected chi connectivity index (χ4v) is 4.03. The molecule has 1 aromatic heterocycles. The van der Waals surface area contributed by atoms with Gasteiger partial charge in [0.2, 0.25) is 10.0 Å². The van der Waals surface area contributed by atoms with Crippen LogP contribution in [0, 0.1) is 5.41 Å². The summed E-state index contributed by atoms with van der Waals surface area (Å²) >= 11 is 1.26. The maximum absolute atomic E-state index is 12.2. The molecule has 1 heterocycles. The normalized spacial score (nSPS) is 13.3. The summed E-state index contributed by atoms with van der Waals surface area (Å²) in [4.78, 5) is 0.922. The number of thiophene rings is 1. The van der Waals surface area contributed by atoms with Crippen molar-refractivity contribution in [3.8, 4) is 0 Å². The van der Waals surface area contributed by atoms with Crippen LogP contribution in [0.1, 0.15) is 25.6 Å². The van der Waals surface area contributed by atoms with Crippen LogP contribution in [0.3, 0.4) is 0 Å². The molecule has 0 fully saturated rings. The van der Waals surface area contributed by atoms with Crippen molar-refractivity contribution in [3.05, 3.63) is 16.3 Å². The molecule has 0 amide bonds. The van der Waals surface area contributed by atoms with Gasteiger partial charge < -0.3 is 5.11 Å². The first-order valence-corrected chi connectivity index (χ1v) is 7.63. The molecule has 0 saturated heterocycles. The Bertz CT molecular complexity index is 471. The van der Waals surface area contributed by atoms with Gasteiger partial charge in [0.25, 0.3) is 0 Å². The molecular formula is C11H19NO3S2. The van der Waals surface area contributed by atoms with Gasteiger partial charge in [-0.25, -0.2) is 12.7 Å². The Morgan fingerprint density at radius 2 is 2.00 bits per heavy atom. The fourth-order valence-electron chi connectivity index (χ4n) is 1.51. The average Bonchev–Trinajstić information content (AvgIpc) is 2.63. The van der Waals surface area contributed by atoms with Crippen LogP contribution < -0.4 is 0 Å². The van der Waals surface area contributed by atoms with Crippen LogP contribution >= 0.6 is 11.3 Å². The van der Waals surface area contributed by atoms with Crippen LogP contribution in [0.25, 0.3) is 0 Å². The van der Waals surface area contributed by atoms with E-state index in [0.29, 0.717) is 11.4 Å². The summed E-state index contributed by atoms with van der Waals surface area (Å²) in [6.45, 7) is 6.31. The van der Waals surface area contributed by atoms with Crippen LogP contribution in [0.5, 0.6) is 0 Å². The zero-order valence-electron chi connectivity index (χ0n) is 10.6. The number of hydrogen-bond acceptors (Lipinski definition) is 4. The maximum atomic E-state index is 12.2. The molecule has 0 spiro atoms. The van der Waals surface area contributed by atoms with Crippen molar-refractivity contribution in [2.45, 2.75) is 32.3 Å². The summed E-state index contributed by atoms with van der Waals surface area (Å²) < 4.78 is 25.7. The van der Waals surface area contributed by atoms with Crippen LogP contribution in [0.15, 0.2) is 16.3 Å². The predicted molar refractivity (Wildman–Crippen MR) is 69.5 cm³/mol. The molecule has 1 aromatic rings. The number of sulfonamides is 1. The molecule has 98 valence electrons. The topological polar surface area (TPSA) is 57.6 Å². The molecule has 0 bridgehead atoms. The van der Waals surface area contributed by atoms with E-state index in [-0.39, 0.29) is 16.9 Å². The third-order valence-electron chi connectivity index (χ3n) is 2.19. The largest absolute Gasteiger partial charge is 0.391 e. The van der Waals surface area contributed by atoms with E-state index in [9.17, 15) is 8.42 Å². The van der Waals surface area contributed by atoms with Crippen LogP contribution in [0.4, 0.5) is 0 Å². The van der Waals surface area contributed by atoms with Crippen molar-refractivity contribution in [2.75, 3.05) is 13.6 Å². The van der Waals surface area contributed by atoms with Gasteiger partial charge in [-0.1, -0.05) is 20.8 Å². The molecule has 0 unspecified atom stereocenters. The van der Waals surface area contributed by atoms with Gasteiger partial charge in [0.05, 0.1) is 11.5 Å². The molecule has 0 aliphatic heterocycles. The summed E-state index contributed by atoms with van der Waals surface area (Å²) in [6, 6.07) is 1.53. The molecule has 0 radical (unpaired) electrons. The highest BCUT2D eigenvalue weighted by molar-refractivity contribution is 7.89. The maximum Gasteiger partial charge on any atom is 0.243 e. The van der Waals surface area contributed by atoms with Gasteiger partial charge in [-0.05, 0) is 11.5 Å². The van der Waals surface area contributed by atoms with E-state index in [0.717, 1.165) is 0 Å². The van der Waals surface area contributed by atoms with Crippen molar-refractivity contribution in [3.63, 3.8) is 0 Å². The Hall–Kier alpha value is -0.430. The number of rotatable bonds is 4. The van der Waals surface area contributed by atoms with E-state index in [1.54, 1.807) is 12.4 Å². The van der Waals surface area contributed by atoms with E-state index in [1.165, 1.54) is 21.7 Å². The summed E-state index contributed by atoms with van der Waals surface area (Å²) in [5, 5.41) is 10.5. The highest BCUT2D eigenvalue weighted by atomic mass is 32.2. The van der Waals surface area contributed by atoms with Crippen molar-refractivity contribution >= 4 is 21.4 Å². The lowest BCUT2D eigenvalue weighted by molar-refractivity contribution is 0.285. The highest BCUT2D eigenvalue weighted by Crippen LogP contribution is 2.24. The first-order chi connectivity index (χ1) is 7.66. The van der Waals surface area contributed by atoms with E-state index in [2.05, 4.69) is 0 Å². The SMILES string of the molecule is CN(CC(C)(C)C)S(=O)(=O)c1csc(CO)c1. The third-order valence-corrected chi connectivity index (χ3v) is 5.04. The van der Waals surface area contributed by atoms with Crippen molar-refractivity contribution in [2.24, 2.45) is 5.41 Å². The standard InChI is InChI=1S/C11H19NO3S2/c1-11(2,3)8-12(4)17(14,15)10-5-9(6-13)16-7-10/h5,7,13H,6,8H2,1-4H3. The molecular weight excluding hydrogens is 258 g/mol. The van der Waals surface area contributed by atoms with Crippen LogP contribution in [-0.2, 0) is 16.6 Å². The lowest BCUT2D eigenvalue weighted by Crippen LogP contribution is -2.34. The van der Waals surface area contributed by atoms with Gasteiger partial charge in [-0.3, -0.25) is 0 Å². The second-order valence-corrected chi connectivity index (χ2v) is 8.27.